The molecule has 25 heavy (non-hydrogen) atoms. The first kappa shape index (κ1) is 18.8. The highest BCUT2D eigenvalue weighted by Crippen LogP contribution is 2.25. The van der Waals surface area contributed by atoms with Gasteiger partial charge in [0.15, 0.2) is 0 Å². The number of benzene rings is 2. The minimum atomic E-state index is -0.535. The maximum absolute atomic E-state index is 12.0. The Morgan fingerprint density at radius 2 is 1.92 bits per heavy atom. The van der Waals surface area contributed by atoms with Crippen LogP contribution in [-0.2, 0) is 9.53 Å². The molecule has 7 nitrogen and oxygen atoms in total. The van der Waals surface area contributed by atoms with E-state index in [0.29, 0.717) is 10.7 Å². The number of esters is 1. The van der Waals surface area contributed by atoms with Crippen LogP contribution in [0.2, 0.25) is 5.02 Å². The molecule has 2 rings (SSSR count). The molecule has 2 aromatic rings. The molecule has 9 heteroatoms. The van der Waals surface area contributed by atoms with E-state index < -0.39 is 10.9 Å². The Balaban J connectivity index is 1.98. The third-order valence-electron chi connectivity index (χ3n) is 3.08. The molecule has 0 saturated carbocycles. The lowest BCUT2D eigenvalue weighted by Gasteiger charge is -2.09. The van der Waals surface area contributed by atoms with E-state index >= 15 is 0 Å². The molecule has 0 atom stereocenters. The number of amides is 1. The van der Waals surface area contributed by atoms with E-state index in [1.165, 1.54) is 49.2 Å². The lowest BCUT2D eigenvalue weighted by molar-refractivity contribution is -0.384. The highest BCUT2D eigenvalue weighted by molar-refractivity contribution is 8.00. The summed E-state index contributed by atoms with van der Waals surface area (Å²) in [7, 11) is 1.26. The zero-order chi connectivity index (χ0) is 18.4. The van der Waals surface area contributed by atoms with Gasteiger partial charge < -0.3 is 10.1 Å². The smallest absolute Gasteiger partial charge is 0.337 e. The Morgan fingerprint density at radius 3 is 2.52 bits per heavy atom. The summed E-state index contributed by atoms with van der Waals surface area (Å²) in [6.07, 6.45) is 0. The largest absolute Gasteiger partial charge is 0.465 e. The summed E-state index contributed by atoms with van der Waals surface area (Å²) in [5, 5.41) is 13.5. The molecule has 0 unspecified atom stereocenters. The Morgan fingerprint density at radius 1 is 1.24 bits per heavy atom. The van der Waals surface area contributed by atoms with Gasteiger partial charge in [-0.15, -0.1) is 11.8 Å². The molecule has 0 aliphatic carbocycles. The maximum Gasteiger partial charge on any atom is 0.337 e. The minimum Gasteiger partial charge on any atom is -0.465 e. The number of nitrogens with zero attached hydrogens (tertiary/aromatic N) is 1. The molecule has 2 aromatic carbocycles. The summed E-state index contributed by atoms with van der Waals surface area (Å²) < 4.78 is 4.62. The average Bonchev–Trinajstić information content (AvgIpc) is 2.61. The molecule has 0 bridgehead atoms. The van der Waals surface area contributed by atoms with Gasteiger partial charge in [-0.1, -0.05) is 11.6 Å². The summed E-state index contributed by atoms with van der Waals surface area (Å²) in [6, 6.07) is 10.3. The van der Waals surface area contributed by atoms with Crippen LogP contribution in [0.15, 0.2) is 47.4 Å². The molecule has 0 radical (unpaired) electrons. The van der Waals surface area contributed by atoms with Crippen LogP contribution in [0.25, 0.3) is 0 Å². The van der Waals surface area contributed by atoms with Gasteiger partial charge in [-0.2, -0.15) is 0 Å². The molecule has 0 spiro atoms. The number of methoxy groups -OCH3 is 1. The number of ether oxygens (including phenoxy) is 1. The number of carbonyl (C=O) groups is 2. The van der Waals surface area contributed by atoms with Crippen LogP contribution >= 0.6 is 23.4 Å². The molecular weight excluding hydrogens is 368 g/mol. The number of halogens is 1. The number of non-ortho nitro benzene ring substituents is 1. The Labute approximate surface area is 152 Å². The number of nitro groups is 1. The summed E-state index contributed by atoms with van der Waals surface area (Å²) >= 11 is 7.23. The zero-order valence-corrected chi connectivity index (χ0v) is 14.6. The van der Waals surface area contributed by atoms with E-state index in [1.54, 1.807) is 12.1 Å². The second kappa shape index (κ2) is 8.50. The monoisotopic (exact) mass is 380 g/mol. The van der Waals surface area contributed by atoms with E-state index in [2.05, 4.69) is 10.1 Å². The number of anilines is 1. The van der Waals surface area contributed by atoms with Crippen LogP contribution in [-0.4, -0.2) is 29.7 Å². The molecular formula is C16H13ClN2O5S. The summed E-state index contributed by atoms with van der Waals surface area (Å²) in [4.78, 5) is 34.4. The summed E-state index contributed by atoms with van der Waals surface area (Å²) in [5.74, 6) is -0.781. The Bertz CT molecular complexity index is 811. The first-order valence-corrected chi connectivity index (χ1v) is 8.32. The second-order valence-electron chi connectivity index (χ2n) is 4.77. The van der Waals surface area contributed by atoms with Gasteiger partial charge >= 0.3 is 5.97 Å². The van der Waals surface area contributed by atoms with Gasteiger partial charge in [0.25, 0.3) is 5.69 Å². The Kier molecular flexibility index (Phi) is 6.37. The summed E-state index contributed by atoms with van der Waals surface area (Å²) in [5.41, 5.74) is 0.560. The first-order chi connectivity index (χ1) is 11.9. The molecule has 0 saturated heterocycles. The van der Waals surface area contributed by atoms with Gasteiger partial charge in [0.05, 0.1) is 34.1 Å². The van der Waals surface area contributed by atoms with E-state index in [9.17, 15) is 19.7 Å². The maximum atomic E-state index is 12.0. The molecule has 0 fully saturated rings. The van der Waals surface area contributed by atoms with Crippen molar-refractivity contribution < 1.29 is 19.2 Å². The predicted octanol–water partition coefficient (Wildman–Crippen LogP) is 3.77. The number of hydrogen-bond donors (Lipinski definition) is 1. The van der Waals surface area contributed by atoms with E-state index in [1.807, 2.05) is 0 Å². The molecule has 0 aromatic heterocycles. The number of thioether (sulfide) groups is 1. The first-order valence-electron chi connectivity index (χ1n) is 6.95. The van der Waals surface area contributed by atoms with E-state index in [-0.39, 0.29) is 22.9 Å². The minimum absolute atomic E-state index is 0.0137. The van der Waals surface area contributed by atoms with Gasteiger partial charge in [-0.05, 0) is 30.3 Å². The standard InChI is InChI=1S/C16H13ClN2O5S/c1-24-16(21)10-2-7-13(17)14(8-10)18-15(20)9-25-12-5-3-11(4-6-12)19(22)23/h2-8H,9H2,1H3,(H,18,20). The van der Waals surface area contributed by atoms with Crippen molar-refractivity contribution in [2.45, 2.75) is 4.90 Å². The molecule has 0 aliphatic heterocycles. The fourth-order valence-corrected chi connectivity index (χ4v) is 2.73. The van der Waals surface area contributed by atoms with Crippen molar-refractivity contribution in [1.29, 1.82) is 0 Å². The van der Waals surface area contributed by atoms with Crippen molar-refractivity contribution in [2.24, 2.45) is 0 Å². The molecule has 130 valence electrons. The quantitative estimate of drug-likeness (QED) is 0.354. The fourth-order valence-electron chi connectivity index (χ4n) is 1.87. The Hall–Kier alpha value is -2.58. The van der Waals surface area contributed by atoms with Crippen molar-refractivity contribution in [2.75, 3.05) is 18.2 Å². The van der Waals surface area contributed by atoms with Gasteiger partial charge in [-0.25, -0.2) is 4.79 Å². The third-order valence-corrected chi connectivity index (χ3v) is 4.42. The number of hydrogen-bond acceptors (Lipinski definition) is 6. The number of carbonyl (C=O) groups excluding carboxylic acids is 2. The van der Waals surface area contributed by atoms with Crippen LogP contribution in [0.5, 0.6) is 0 Å². The van der Waals surface area contributed by atoms with Gasteiger partial charge in [0, 0.05) is 17.0 Å². The number of nitro benzene ring substituents is 1. The van der Waals surface area contributed by atoms with Crippen molar-refractivity contribution in [1.82, 2.24) is 0 Å². The fraction of sp³-hybridized carbons (Fsp3) is 0.125. The lowest BCUT2D eigenvalue weighted by Crippen LogP contribution is -2.15. The highest BCUT2D eigenvalue weighted by Gasteiger charge is 2.12. The average molecular weight is 381 g/mol. The van der Waals surface area contributed by atoms with Crippen LogP contribution in [0.4, 0.5) is 11.4 Å². The normalized spacial score (nSPS) is 10.2. The van der Waals surface area contributed by atoms with Gasteiger partial charge in [-0.3, -0.25) is 14.9 Å². The highest BCUT2D eigenvalue weighted by atomic mass is 35.5. The van der Waals surface area contributed by atoms with Crippen LogP contribution < -0.4 is 5.32 Å². The molecule has 0 aliphatic rings. The SMILES string of the molecule is COC(=O)c1ccc(Cl)c(NC(=O)CSc2ccc([N+](=O)[O-])cc2)c1. The van der Waals surface area contributed by atoms with Crippen molar-refractivity contribution in [3.8, 4) is 0 Å². The van der Waals surface area contributed by atoms with Crippen LogP contribution in [0, 0.1) is 10.1 Å². The number of nitrogens with one attached hydrogen (secondary N) is 1. The summed E-state index contributed by atoms with van der Waals surface area (Å²) in [6.45, 7) is 0. The lowest BCUT2D eigenvalue weighted by atomic mass is 10.2. The van der Waals surface area contributed by atoms with E-state index in [4.69, 9.17) is 11.6 Å². The third kappa shape index (κ3) is 5.20. The molecule has 1 amide bonds. The van der Waals surface area contributed by atoms with Crippen LogP contribution in [0.3, 0.4) is 0 Å². The van der Waals surface area contributed by atoms with Crippen molar-refractivity contribution >= 4 is 46.6 Å². The topological polar surface area (TPSA) is 98.5 Å². The van der Waals surface area contributed by atoms with Crippen molar-refractivity contribution in [3.63, 3.8) is 0 Å². The molecule has 0 heterocycles. The van der Waals surface area contributed by atoms with Crippen molar-refractivity contribution in [3.05, 3.63) is 63.2 Å². The van der Waals surface area contributed by atoms with Crippen LogP contribution in [0.1, 0.15) is 10.4 Å². The molecule has 1 N–H and O–H groups in total. The second-order valence-corrected chi connectivity index (χ2v) is 6.23. The van der Waals surface area contributed by atoms with Gasteiger partial charge in [0.2, 0.25) is 5.91 Å². The van der Waals surface area contributed by atoms with E-state index in [0.717, 1.165) is 4.90 Å². The zero-order valence-electron chi connectivity index (χ0n) is 13.0. The number of rotatable bonds is 6. The van der Waals surface area contributed by atoms with Gasteiger partial charge in [0.1, 0.15) is 0 Å². The predicted molar refractivity (Wildman–Crippen MR) is 95.2 cm³/mol.